The summed E-state index contributed by atoms with van der Waals surface area (Å²) < 4.78 is 34.1. The van der Waals surface area contributed by atoms with Gasteiger partial charge in [-0.2, -0.15) is 0 Å². The van der Waals surface area contributed by atoms with E-state index >= 15 is 0 Å². The van der Waals surface area contributed by atoms with E-state index in [1.807, 2.05) is 24.5 Å². The molecule has 2 atom stereocenters. The molecule has 2 aromatic rings. The number of methoxy groups -OCH3 is 1. The van der Waals surface area contributed by atoms with Crippen molar-refractivity contribution in [3.05, 3.63) is 47.8 Å². The van der Waals surface area contributed by atoms with Crippen LogP contribution in [0.3, 0.4) is 0 Å². The van der Waals surface area contributed by atoms with E-state index in [0.29, 0.717) is 24.0 Å². The van der Waals surface area contributed by atoms with Gasteiger partial charge in [0.15, 0.2) is 9.84 Å². The maximum atomic E-state index is 11.5. The number of hydrogen-bond donors (Lipinski definition) is 0. The number of anilines is 1. The summed E-state index contributed by atoms with van der Waals surface area (Å²) in [5.74, 6) is 2.98. The van der Waals surface area contributed by atoms with Crippen molar-refractivity contribution in [2.75, 3.05) is 38.0 Å². The van der Waals surface area contributed by atoms with Crippen LogP contribution in [0.5, 0.6) is 0 Å². The first-order valence-corrected chi connectivity index (χ1v) is 12.7. The van der Waals surface area contributed by atoms with E-state index in [-0.39, 0.29) is 0 Å². The topological polar surface area (TPSA) is 81.6 Å². The van der Waals surface area contributed by atoms with Gasteiger partial charge in [-0.25, -0.2) is 18.4 Å². The highest BCUT2D eigenvalue weighted by molar-refractivity contribution is 7.90. The monoisotopic (exact) mass is 445 g/mol. The first-order valence-electron chi connectivity index (χ1n) is 10.9. The number of nitrogens with zero attached hydrogens (tertiary/aromatic N) is 3. The zero-order chi connectivity index (χ0) is 21.8. The van der Waals surface area contributed by atoms with Crippen molar-refractivity contribution >= 4 is 15.8 Å². The van der Waals surface area contributed by atoms with E-state index < -0.39 is 9.84 Å². The molecule has 0 bridgehead atoms. The fourth-order valence-electron chi connectivity index (χ4n) is 4.48. The molecule has 1 aromatic heterocycles. The Hall–Kier alpha value is -2.03. The standard InChI is InChI=1S/C23H31N3O4S/c1-29-14-18-12-24-23(25-13-18)26-9-7-19(8-10-26)22-11-20(22)16-30-15-17-3-5-21(6-4-17)31(2,27)28/h3-6,12-13,19-20,22H,7-11,14-16H2,1-2H3/t20-,22-/m1/s1. The van der Waals surface area contributed by atoms with Crippen LogP contribution in [0.15, 0.2) is 41.6 Å². The normalized spacial score (nSPS) is 21.9. The number of piperidine rings is 1. The van der Waals surface area contributed by atoms with Crippen molar-refractivity contribution in [2.45, 2.75) is 37.4 Å². The van der Waals surface area contributed by atoms with Gasteiger partial charge >= 0.3 is 0 Å². The van der Waals surface area contributed by atoms with Crippen molar-refractivity contribution in [1.82, 2.24) is 9.97 Å². The summed E-state index contributed by atoms with van der Waals surface area (Å²) in [4.78, 5) is 11.6. The van der Waals surface area contributed by atoms with Crippen molar-refractivity contribution < 1.29 is 17.9 Å². The van der Waals surface area contributed by atoms with Gasteiger partial charge in [-0.05, 0) is 54.7 Å². The number of benzene rings is 1. The summed E-state index contributed by atoms with van der Waals surface area (Å²) in [5, 5.41) is 0. The highest BCUT2D eigenvalue weighted by Crippen LogP contribution is 2.48. The van der Waals surface area contributed by atoms with Crippen molar-refractivity contribution in [3.63, 3.8) is 0 Å². The van der Waals surface area contributed by atoms with Crippen LogP contribution in [0.2, 0.25) is 0 Å². The van der Waals surface area contributed by atoms with E-state index in [1.54, 1.807) is 19.2 Å². The molecular formula is C23H31N3O4S. The van der Waals surface area contributed by atoms with Gasteiger partial charge in [-0.3, -0.25) is 0 Å². The van der Waals surface area contributed by atoms with Gasteiger partial charge in [0.2, 0.25) is 5.95 Å². The van der Waals surface area contributed by atoms with Crippen LogP contribution < -0.4 is 4.90 Å². The zero-order valence-electron chi connectivity index (χ0n) is 18.2. The predicted molar refractivity (Wildman–Crippen MR) is 118 cm³/mol. The van der Waals surface area contributed by atoms with Gasteiger partial charge in [0.05, 0.1) is 24.7 Å². The zero-order valence-corrected chi connectivity index (χ0v) is 19.1. The summed E-state index contributed by atoms with van der Waals surface area (Å²) >= 11 is 0. The Balaban J connectivity index is 1.17. The maximum Gasteiger partial charge on any atom is 0.225 e. The largest absolute Gasteiger partial charge is 0.380 e. The highest BCUT2D eigenvalue weighted by atomic mass is 32.2. The average molecular weight is 446 g/mol. The Bertz CT molecular complexity index is 955. The van der Waals surface area contributed by atoms with Crippen LogP contribution in [-0.2, 0) is 32.5 Å². The smallest absolute Gasteiger partial charge is 0.225 e. The van der Waals surface area contributed by atoms with E-state index in [1.165, 1.54) is 25.5 Å². The summed E-state index contributed by atoms with van der Waals surface area (Å²) in [7, 11) is -1.47. The minimum atomic E-state index is -3.15. The lowest BCUT2D eigenvalue weighted by Crippen LogP contribution is -2.35. The molecule has 2 heterocycles. The highest BCUT2D eigenvalue weighted by Gasteiger charge is 2.43. The third kappa shape index (κ3) is 5.81. The molecule has 0 amide bonds. The number of aromatic nitrogens is 2. The minimum Gasteiger partial charge on any atom is -0.380 e. The summed E-state index contributed by atoms with van der Waals surface area (Å²) in [6.07, 6.45) is 8.53. The van der Waals surface area contributed by atoms with Crippen LogP contribution in [0.4, 0.5) is 5.95 Å². The van der Waals surface area contributed by atoms with Gasteiger partial charge < -0.3 is 14.4 Å². The molecule has 2 aliphatic rings. The Morgan fingerprint density at radius 2 is 1.71 bits per heavy atom. The van der Waals surface area contributed by atoms with E-state index in [2.05, 4.69) is 14.9 Å². The van der Waals surface area contributed by atoms with Gasteiger partial charge in [0, 0.05) is 44.4 Å². The third-order valence-electron chi connectivity index (χ3n) is 6.36. The fraction of sp³-hybridized carbons (Fsp3) is 0.565. The molecule has 0 radical (unpaired) electrons. The minimum absolute atomic E-state index is 0.348. The van der Waals surface area contributed by atoms with E-state index in [0.717, 1.165) is 48.6 Å². The van der Waals surface area contributed by atoms with Gasteiger partial charge in [0.1, 0.15) is 0 Å². The lowest BCUT2D eigenvalue weighted by atomic mass is 9.91. The molecule has 1 aromatic carbocycles. The lowest BCUT2D eigenvalue weighted by molar-refractivity contribution is 0.104. The molecule has 0 unspecified atom stereocenters. The summed E-state index contributed by atoms with van der Waals surface area (Å²) in [5.41, 5.74) is 2.00. The predicted octanol–water partition coefficient (Wildman–Crippen LogP) is 3.10. The molecule has 7 nitrogen and oxygen atoms in total. The fourth-order valence-corrected chi connectivity index (χ4v) is 5.11. The lowest BCUT2D eigenvalue weighted by Gasteiger charge is -2.32. The van der Waals surface area contributed by atoms with Crippen LogP contribution in [0.1, 0.15) is 30.4 Å². The molecule has 0 spiro atoms. The van der Waals surface area contributed by atoms with Crippen LogP contribution in [0.25, 0.3) is 0 Å². The maximum absolute atomic E-state index is 11.5. The SMILES string of the molecule is COCc1cnc(N2CCC([C@H]3C[C@@H]3COCc3ccc(S(C)(=O)=O)cc3)CC2)nc1. The van der Waals surface area contributed by atoms with Crippen LogP contribution >= 0.6 is 0 Å². The molecule has 1 saturated carbocycles. The molecule has 2 fully saturated rings. The summed E-state index contributed by atoms with van der Waals surface area (Å²) in [6, 6.07) is 6.97. The molecule has 4 rings (SSSR count). The number of ether oxygens (including phenoxy) is 2. The third-order valence-corrected chi connectivity index (χ3v) is 7.49. The van der Waals surface area contributed by atoms with E-state index in [9.17, 15) is 8.42 Å². The molecule has 0 N–H and O–H groups in total. The Morgan fingerprint density at radius 1 is 1.03 bits per heavy atom. The van der Waals surface area contributed by atoms with Crippen LogP contribution in [-0.4, -0.2) is 51.4 Å². The number of hydrogen-bond acceptors (Lipinski definition) is 7. The Morgan fingerprint density at radius 3 is 2.32 bits per heavy atom. The van der Waals surface area contributed by atoms with Crippen molar-refractivity contribution in [3.8, 4) is 0 Å². The molecule has 1 aliphatic carbocycles. The molecule has 8 heteroatoms. The Labute approximate surface area is 184 Å². The molecule has 1 saturated heterocycles. The number of sulfone groups is 1. The second-order valence-electron chi connectivity index (χ2n) is 8.74. The number of rotatable bonds is 9. The van der Waals surface area contributed by atoms with Gasteiger partial charge in [-0.1, -0.05) is 12.1 Å². The molecule has 1 aliphatic heterocycles. The average Bonchev–Trinajstić information content (AvgIpc) is 3.54. The first kappa shape index (κ1) is 22.2. The second-order valence-corrected chi connectivity index (χ2v) is 10.8. The second kappa shape index (κ2) is 9.63. The Kier molecular flexibility index (Phi) is 6.89. The van der Waals surface area contributed by atoms with Crippen molar-refractivity contribution in [2.24, 2.45) is 17.8 Å². The first-order chi connectivity index (χ1) is 14.9. The van der Waals surface area contributed by atoms with E-state index in [4.69, 9.17) is 9.47 Å². The molecular weight excluding hydrogens is 414 g/mol. The quantitative estimate of drug-likeness (QED) is 0.587. The molecule has 31 heavy (non-hydrogen) atoms. The van der Waals surface area contributed by atoms with Crippen LogP contribution in [0, 0.1) is 17.8 Å². The summed E-state index contributed by atoms with van der Waals surface area (Å²) in [6.45, 7) is 3.86. The van der Waals surface area contributed by atoms with Crippen molar-refractivity contribution in [1.29, 1.82) is 0 Å². The van der Waals surface area contributed by atoms with Gasteiger partial charge in [-0.15, -0.1) is 0 Å². The van der Waals surface area contributed by atoms with Gasteiger partial charge in [0.25, 0.3) is 0 Å². The molecule has 168 valence electrons.